The van der Waals surface area contributed by atoms with Crippen molar-refractivity contribution in [2.24, 2.45) is 0 Å². The predicted octanol–water partition coefficient (Wildman–Crippen LogP) is 3.61. The molecule has 0 spiro atoms. The van der Waals surface area contributed by atoms with Gasteiger partial charge < -0.3 is 4.74 Å². The second-order valence-electron chi connectivity index (χ2n) is 6.89. The average molecular weight is 421 g/mol. The van der Waals surface area contributed by atoms with Gasteiger partial charge in [-0.2, -0.15) is 0 Å². The molecule has 0 aromatic heterocycles. The van der Waals surface area contributed by atoms with E-state index in [1.54, 1.807) is 30.3 Å². The number of nitrogens with zero attached hydrogens (tertiary/aromatic N) is 1. The van der Waals surface area contributed by atoms with E-state index in [1.165, 1.54) is 5.41 Å². The Hall–Kier alpha value is -1.70. The Morgan fingerprint density at radius 2 is 1.75 bits per heavy atom. The van der Waals surface area contributed by atoms with E-state index in [0.717, 1.165) is 29.8 Å². The normalized spacial score (nSPS) is 17.1. The fourth-order valence-corrected chi connectivity index (χ4v) is 4.18. The van der Waals surface area contributed by atoms with Crippen molar-refractivity contribution >= 4 is 27.7 Å². The first-order valence-corrected chi connectivity index (χ1v) is 11.2. The van der Waals surface area contributed by atoms with Crippen LogP contribution in [0.4, 0.5) is 0 Å². The van der Waals surface area contributed by atoms with E-state index >= 15 is 0 Å². The number of aryl methyl sites for hydroxylation is 1. The molecule has 0 amide bonds. The maximum atomic E-state index is 12.7. The minimum Gasteiger partial charge on any atom is -0.379 e. The van der Waals surface area contributed by atoms with Crippen molar-refractivity contribution in [1.29, 1.82) is 0 Å². The summed E-state index contributed by atoms with van der Waals surface area (Å²) in [5, 5.41) is 1.82. The SMILES string of the molecule is Cc1ccc([C@H](CN2CCOCC2)NS(=O)(=O)/C=C/c2ccc(Cl)cc2)cc1. The Balaban J connectivity index is 1.76. The molecular weight excluding hydrogens is 396 g/mol. The molecule has 1 fully saturated rings. The van der Waals surface area contributed by atoms with Crippen LogP contribution in [0.15, 0.2) is 53.9 Å². The van der Waals surface area contributed by atoms with Gasteiger partial charge in [-0.05, 0) is 36.3 Å². The Morgan fingerprint density at radius 3 is 2.39 bits per heavy atom. The van der Waals surface area contributed by atoms with Crippen molar-refractivity contribution in [3.63, 3.8) is 0 Å². The molecule has 2 aromatic rings. The minimum atomic E-state index is -3.62. The molecule has 150 valence electrons. The lowest BCUT2D eigenvalue weighted by atomic mass is 10.1. The molecule has 0 unspecified atom stereocenters. The van der Waals surface area contributed by atoms with E-state index in [9.17, 15) is 8.42 Å². The number of hydrogen-bond donors (Lipinski definition) is 1. The lowest BCUT2D eigenvalue weighted by Crippen LogP contribution is -2.42. The van der Waals surface area contributed by atoms with Crippen LogP contribution in [0.25, 0.3) is 6.08 Å². The molecule has 1 aliphatic heterocycles. The number of ether oxygens (including phenoxy) is 1. The maximum absolute atomic E-state index is 12.7. The standard InChI is InChI=1S/C21H25ClN2O3S/c1-17-2-6-19(7-3-17)21(16-24-11-13-27-14-12-24)23-28(25,26)15-10-18-4-8-20(22)9-5-18/h2-10,15,21,23H,11-14,16H2,1H3/b15-10+/t21-/m0/s1. The average Bonchev–Trinajstić information content (AvgIpc) is 2.68. The number of rotatable bonds is 7. The smallest absolute Gasteiger partial charge is 0.234 e. The van der Waals surface area contributed by atoms with Gasteiger partial charge in [-0.15, -0.1) is 0 Å². The predicted molar refractivity (Wildman–Crippen MR) is 114 cm³/mol. The van der Waals surface area contributed by atoms with Gasteiger partial charge in [0.2, 0.25) is 10.0 Å². The minimum absolute atomic E-state index is 0.335. The molecular formula is C21H25ClN2O3S. The molecule has 1 saturated heterocycles. The summed E-state index contributed by atoms with van der Waals surface area (Å²) in [6, 6.07) is 14.6. The van der Waals surface area contributed by atoms with Gasteiger partial charge in [0.25, 0.3) is 0 Å². The third-order valence-corrected chi connectivity index (χ3v) is 6.00. The summed E-state index contributed by atoms with van der Waals surface area (Å²) in [4.78, 5) is 2.22. The molecule has 0 radical (unpaired) electrons. The monoisotopic (exact) mass is 420 g/mol. The van der Waals surface area contributed by atoms with Gasteiger partial charge in [-0.1, -0.05) is 53.6 Å². The van der Waals surface area contributed by atoms with Crippen molar-refractivity contribution in [3.8, 4) is 0 Å². The highest BCUT2D eigenvalue weighted by Gasteiger charge is 2.22. The maximum Gasteiger partial charge on any atom is 0.234 e. The van der Waals surface area contributed by atoms with Crippen LogP contribution < -0.4 is 4.72 Å². The van der Waals surface area contributed by atoms with E-state index < -0.39 is 10.0 Å². The second kappa shape index (κ2) is 9.67. The number of nitrogens with one attached hydrogen (secondary N) is 1. The van der Waals surface area contributed by atoms with Crippen molar-refractivity contribution in [3.05, 3.63) is 75.7 Å². The quantitative estimate of drug-likeness (QED) is 0.743. The third kappa shape index (κ3) is 6.43. The van der Waals surface area contributed by atoms with Gasteiger partial charge in [-0.3, -0.25) is 4.90 Å². The zero-order valence-corrected chi connectivity index (χ0v) is 17.4. The van der Waals surface area contributed by atoms with Gasteiger partial charge in [0.15, 0.2) is 0 Å². The first-order valence-electron chi connectivity index (χ1n) is 9.24. The number of morpholine rings is 1. The number of halogens is 1. The molecule has 0 bridgehead atoms. The molecule has 2 aromatic carbocycles. The summed E-state index contributed by atoms with van der Waals surface area (Å²) in [6.07, 6.45) is 1.57. The molecule has 0 aliphatic carbocycles. The van der Waals surface area contributed by atoms with Crippen molar-refractivity contribution < 1.29 is 13.2 Å². The Morgan fingerprint density at radius 1 is 1.11 bits per heavy atom. The topological polar surface area (TPSA) is 58.6 Å². The highest BCUT2D eigenvalue weighted by atomic mass is 35.5. The molecule has 1 N–H and O–H groups in total. The van der Waals surface area contributed by atoms with Gasteiger partial charge in [0, 0.05) is 30.1 Å². The fourth-order valence-electron chi connectivity index (χ4n) is 3.03. The summed E-state index contributed by atoms with van der Waals surface area (Å²) in [7, 11) is -3.62. The van der Waals surface area contributed by atoms with Crippen LogP contribution in [0.2, 0.25) is 5.02 Å². The molecule has 3 rings (SSSR count). The molecule has 1 aliphatic rings. The lowest BCUT2D eigenvalue weighted by molar-refractivity contribution is 0.0345. The summed E-state index contributed by atoms with van der Waals surface area (Å²) in [6.45, 7) is 5.54. The van der Waals surface area contributed by atoms with E-state index in [1.807, 2.05) is 31.2 Å². The Kier molecular flexibility index (Phi) is 7.26. The molecule has 1 heterocycles. The molecule has 0 saturated carbocycles. The van der Waals surface area contributed by atoms with E-state index in [-0.39, 0.29) is 6.04 Å². The van der Waals surface area contributed by atoms with Crippen LogP contribution in [-0.2, 0) is 14.8 Å². The Bertz CT molecular complexity index is 890. The number of benzene rings is 2. The van der Waals surface area contributed by atoms with Gasteiger partial charge >= 0.3 is 0 Å². The summed E-state index contributed by atoms with van der Waals surface area (Å²) in [5.74, 6) is 0. The third-order valence-electron chi connectivity index (χ3n) is 4.64. The summed E-state index contributed by atoms with van der Waals surface area (Å²) in [5.41, 5.74) is 2.86. The van der Waals surface area contributed by atoms with E-state index in [0.29, 0.717) is 24.8 Å². The molecule has 28 heavy (non-hydrogen) atoms. The second-order valence-corrected chi connectivity index (χ2v) is 8.93. The highest BCUT2D eigenvalue weighted by Crippen LogP contribution is 2.18. The van der Waals surface area contributed by atoms with Crippen molar-refractivity contribution in [1.82, 2.24) is 9.62 Å². The van der Waals surface area contributed by atoms with Crippen LogP contribution in [0.3, 0.4) is 0 Å². The summed E-state index contributed by atoms with van der Waals surface area (Å²) < 4.78 is 33.6. The molecule has 1 atom stereocenters. The highest BCUT2D eigenvalue weighted by molar-refractivity contribution is 7.92. The Labute approximate surface area is 172 Å². The number of hydrogen-bond acceptors (Lipinski definition) is 4. The van der Waals surface area contributed by atoms with Crippen LogP contribution in [0, 0.1) is 6.92 Å². The van der Waals surface area contributed by atoms with Crippen molar-refractivity contribution in [2.45, 2.75) is 13.0 Å². The van der Waals surface area contributed by atoms with Gasteiger partial charge in [0.05, 0.1) is 19.3 Å². The fraction of sp³-hybridized carbons (Fsp3) is 0.333. The zero-order chi connectivity index (χ0) is 20.0. The summed E-state index contributed by atoms with van der Waals surface area (Å²) >= 11 is 5.87. The van der Waals surface area contributed by atoms with Crippen molar-refractivity contribution in [2.75, 3.05) is 32.8 Å². The van der Waals surface area contributed by atoms with Crippen LogP contribution in [-0.4, -0.2) is 46.2 Å². The lowest BCUT2D eigenvalue weighted by Gasteiger charge is -2.30. The first kappa shape index (κ1) is 21.0. The molecule has 5 nitrogen and oxygen atoms in total. The van der Waals surface area contributed by atoms with Gasteiger partial charge in [-0.25, -0.2) is 13.1 Å². The van der Waals surface area contributed by atoms with Gasteiger partial charge in [0.1, 0.15) is 0 Å². The van der Waals surface area contributed by atoms with Crippen LogP contribution in [0.5, 0.6) is 0 Å². The van der Waals surface area contributed by atoms with E-state index in [4.69, 9.17) is 16.3 Å². The van der Waals surface area contributed by atoms with E-state index in [2.05, 4.69) is 9.62 Å². The number of sulfonamides is 1. The first-order chi connectivity index (χ1) is 13.4. The molecule has 7 heteroatoms. The zero-order valence-electron chi connectivity index (χ0n) is 15.8. The van der Waals surface area contributed by atoms with Crippen LogP contribution >= 0.6 is 11.6 Å². The largest absolute Gasteiger partial charge is 0.379 e. The van der Waals surface area contributed by atoms with Crippen LogP contribution in [0.1, 0.15) is 22.7 Å².